The molecule has 0 saturated heterocycles. The van der Waals surface area contributed by atoms with Crippen molar-refractivity contribution >= 4 is 5.65 Å². The molecule has 25 heavy (non-hydrogen) atoms. The zero-order valence-electron chi connectivity index (χ0n) is 14.3. The van der Waals surface area contributed by atoms with Gasteiger partial charge in [0.25, 0.3) is 0 Å². The topological polar surface area (TPSA) is 43.3 Å². The van der Waals surface area contributed by atoms with Gasteiger partial charge in [-0.3, -0.25) is 4.40 Å². The second-order valence-corrected chi connectivity index (χ2v) is 6.25. The number of hydrogen-bond donors (Lipinski definition) is 1. The van der Waals surface area contributed by atoms with E-state index < -0.39 is 0 Å². The van der Waals surface area contributed by atoms with Crippen molar-refractivity contribution < 1.29 is 0 Å². The second-order valence-electron chi connectivity index (χ2n) is 6.25. The van der Waals surface area contributed by atoms with E-state index in [9.17, 15) is 0 Å². The van der Waals surface area contributed by atoms with Gasteiger partial charge in [-0.05, 0) is 36.7 Å². The normalized spacial score (nSPS) is 11.1. The minimum absolute atomic E-state index is 0.595. The standard InChI is InChI=1S/C22H21N3/c1-16-6-5-9-21-24-20(14-15-23)22(25(16)21)19-12-10-18(11-13-19)17-7-3-2-4-8-17/h2-13H,14-15,23H2,1H3. The van der Waals surface area contributed by atoms with Crippen molar-refractivity contribution in [2.24, 2.45) is 5.73 Å². The molecule has 2 aromatic heterocycles. The Morgan fingerprint density at radius 1 is 0.800 bits per heavy atom. The summed E-state index contributed by atoms with van der Waals surface area (Å²) in [5.74, 6) is 0. The molecular weight excluding hydrogens is 306 g/mol. The number of pyridine rings is 1. The van der Waals surface area contributed by atoms with Crippen LogP contribution in [0.3, 0.4) is 0 Å². The molecule has 0 aliphatic heterocycles. The fourth-order valence-corrected chi connectivity index (χ4v) is 3.36. The summed E-state index contributed by atoms with van der Waals surface area (Å²) in [6.07, 6.45) is 0.775. The number of hydrogen-bond acceptors (Lipinski definition) is 2. The van der Waals surface area contributed by atoms with Gasteiger partial charge in [-0.2, -0.15) is 0 Å². The molecule has 2 aromatic carbocycles. The van der Waals surface area contributed by atoms with E-state index in [-0.39, 0.29) is 0 Å². The summed E-state index contributed by atoms with van der Waals surface area (Å²) in [7, 11) is 0. The quantitative estimate of drug-likeness (QED) is 0.600. The number of aryl methyl sites for hydroxylation is 1. The Bertz CT molecular complexity index is 999. The van der Waals surface area contributed by atoms with Crippen molar-refractivity contribution in [3.05, 3.63) is 84.2 Å². The van der Waals surface area contributed by atoms with Crippen LogP contribution in [0.4, 0.5) is 0 Å². The van der Waals surface area contributed by atoms with Gasteiger partial charge in [-0.15, -0.1) is 0 Å². The fourth-order valence-electron chi connectivity index (χ4n) is 3.36. The van der Waals surface area contributed by atoms with E-state index in [0.29, 0.717) is 6.54 Å². The lowest BCUT2D eigenvalue weighted by molar-refractivity contribution is 0.938. The minimum Gasteiger partial charge on any atom is -0.330 e. The Balaban J connectivity index is 1.85. The van der Waals surface area contributed by atoms with E-state index in [0.717, 1.165) is 23.5 Å². The van der Waals surface area contributed by atoms with Crippen molar-refractivity contribution in [3.8, 4) is 22.4 Å². The number of fused-ring (bicyclic) bond motifs is 1. The van der Waals surface area contributed by atoms with E-state index in [1.165, 1.54) is 22.4 Å². The maximum Gasteiger partial charge on any atom is 0.137 e. The number of rotatable bonds is 4. The van der Waals surface area contributed by atoms with Gasteiger partial charge in [0.1, 0.15) is 5.65 Å². The monoisotopic (exact) mass is 327 g/mol. The smallest absolute Gasteiger partial charge is 0.137 e. The third-order valence-corrected chi connectivity index (χ3v) is 4.56. The van der Waals surface area contributed by atoms with Crippen LogP contribution in [0, 0.1) is 6.92 Å². The Morgan fingerprint density at radius 2 is 1.48 bits per heavy atom. The van der Waals surface area contributed by atoms with Gasteiger partial charge in [0.05, 0.1) is 11.4 Å². The molecule has 0 bridgehead atoms. The van der Waals surface area contributed by atoms with Crippen LogP contribution in [0.25, 0.3) is 28.0 Å². The first kappa shape index (κ1) is 15.6. The highest BCUT2D eigenvalue weighted by atomic mass is 15.0. The highest BCUT2D eigenvalue weighted by Gasteiger charge is 2.15. The van der Waals surface area contributed by atoms with Crippen molar-refractivity contribution in [3.63, 3.8) is 0 Å². The first-order chi connectivity index (χ1) is 12.3. The van der Waals surface area contributed by atoms with Crippen LogP contribution in [0.15, 0.2) is 72.8 Å². The molecule has 124 valence electrons. The molecule has 0 radical (unpaired) electrons. The molecule has 2 N–H and O–H groups in total. The van der Waals surface area contributed by atoms with Crippen molar-refractivity contribution in [1.29, 1.82) is 0 Å². The molecule has 0 amide bonds. The largest absolute Gasteiger partial charge is 0.330 e. The van der Waals surface area contributed by atoms with Crippen LogP contribution < -0.4 is 5.73 Å². The number of nitrogens with two attached hydrogens (primary N) is 1. The van der Waals surface area contributed by atoms with E-state index in [2.05, 4.69) is 72.0 Å². The van der Waals surface area contributed by atoms with E-state index in [4.69, 9.17) is 10.7 Å². The lowest BCUT2D eigenvalue weighted by Gasteiger charge is -2.09. The molecule has 3 heteroatoms. The molecule has 0 fully saturated rings. The van der Waals surface area contributed by atoms with Crippen LogP contribution in [-0.4, -0.2) is 15.9 Å². The maximum atomic E-state index is 5.82. The summed E-state index contributed by atoms with van der Waals surface area (Å²) in [5, 5.41) is 0. The predicted octanol–water partition coefficient (Wildman–Crippen LogP) is 4.48. The highest BCUT2D eigenvalue weighted by molar-refractivity contribution is 5.72. The summed E-state index contributed by atoms with van der Waals surface area (Å²) in [6, 6.07) is 25.4. The highest BCUT2D eigenvalue weighted by Crippen LogP contribution is 2.29. The predicted molar refractivity (Wildman–Crippen MR) is 104 cm³/mol. The molecule has 0 aliphatic carbocycles. The van der Waals surface area contributed by atoms with Gasteiger partial charge in [0.2, 0.25) is 0 Å². The van der Waals surface area contributed by atoms with Gasteiger partial charge in [0.15, 0.2) is 0 Å². The summed E-state index contributed by atoms with van der Waals surface area (Å²) >= 11 is 0. The molecule has 2 heterocycles. The molecular formula is C22H21N3. The average Bonchev–Trinajstić information content (AvgIpc) is 3.02. The summed E-state index contributed by atoms with van der Waals surface area (Å²) < 4.78 is 2.22. The molecule has 0 spiro atoms. The minimum atomic E-state index is 0.595. The first-order valence-corrected chi connectivity index (χ1v) is 8.61. The zero-order valence-corrected chi connectivity index (χ0v) is 14.3. The van der Waals surface area contributed by atoms with Crippen LogP contribution >= 0.6 is 0 Å². The lowest BCUT2D eigenvalue weighted by atomic mass is 10.0. The number of aromatic nitrogens is 2. The second kappa shape index (κ2) is 6.54. The first-order valence-electron chi connectivity index (χ1n) is 8.61. The van der Waals surface area contributed by atoms with Gasteiger partial charge in [0, 0.05) is 17.7 Å². The Hall–Kier alpha value is -2.91. The fraction of sp³-hybridized carbons (Fsp3) is 0.136. The average molecular weight is 327 g/mol. The third-order valence-electron chi connectivity index (χ3n) is 4.56. The Morgan fingerprint density at radius 3 is 2.20 bits per heavy atom. The third kappa shape index (κ3) is 2.83. The van der Waals surface area contributed by atoms with Crippen molar-refractivity contribution in [1.82, 2.24) is 9.38 Å². The van der Waals surface area contributed by atoms with E-state index in [1.807, 2.05) is 12.1 Å². The molecule has 4 aromatic rings. The van der Waals surface area contributed by atoms with Gasteiger partial charge < -0.3 is 5.73 Å². The number of nitrogens with zero attached hydrogens (tertiary/aromatic N) is 2. The summed E-state index contributed by atoms with van der Waals surface area (Å²) in [6.45, 7) is 2.71. The van der Waals surface area contributed by atoms with Crippen LogP contribution in [0.5, 0.6) is 0 Å². The van der Waals surface area contributed by atoms with Crippen LogP contribution in [-0.2, 0) is 6.42 Å². The molecule has 0 unspecified atom stereocenters. The Labute approximate surface area is 147 Å². The van der Waals surface area contributed by atoms with Gasteiger partial charge >= 0.3 is 0 Å². The van der Waals surface area contributed by atoms with Crippen molar-refractivity contribution in [2.45, 2.75) is 13.3 Å². The van der Waals surface area contributed by atoms with Crippen LogP contribution in [0.2, 0.25) is 0 Å². The molecule has 0 saturated carbocycles. The van der Waals surface area contributed by atoms with Gasteiger partial charge in [-0.1, -0.05) is 60.7 Å². The summed E-state index contributed by atoms with van der Waals surface area (Å²) in [5.41, 5.74) is 13.8. The zero-order chi connectivity index (χ0) is 17.2. The van der Waals surface area contributed by atoms with E-state index in [1.54, 1.807) is 0 Å². The van der Waals surface area contributed by atoms with E-state index >= 15 is 0 Å². The maximum absolute atomic E-state index is 5.82. The molecule has 4 rings (SSSR count). The van der Waals surface area contributed by atoms with Gasteiger partial charge in [-0.25, -0.2) is 4.98 Å². The molecule has 0 atom stereocenters. The summed E-state index contributed by atoms with van der Waals surface area (Å²) in [4.78, 5) is 4.80. The molecule has 3 nitrogen and oxygen atoms in total. The van der Waals surface area contributed by atoms with Crippen LogP contribution in [0.1, 0.15) is 11.4 Å². The van der Waals surface area contributed by atoms with Crippen molar-refractivity contribution in [2.75, 3.05) is 6.54 Å². The molecule has 0 aliphatic rings. The Kier molecular flexibility index (Phi) is 4.08. The lowest BCUT2D eigenvalue weighted by Crippen LogP contribution is -2.04. The number of benzene rings is 2. The SMILES string of the molecule is Cc1cccc2nc(CCN)c(-c3ccc(-c4ccccc4)cc3)n12. The number of imidazole rings is 1.